The molecule has 0 aromatic carbocycles. The predicted molar refractivity (Wildman–Crippen MR) is 7.84 cm³/mol. The molecule has 0 rings (SSSR count). The van der Waals surface area contributed by atoms with Crippen molar-refractivity contribution in [2.24, 2.45) is 0 Å². The van der Waals surface area contributed by atoms with E-state index >= 15 is 0 Å². The van der Waals surface area contributed by atoms with Gasteiger partial charge in [0.1, 0.15) is 0 Å². The first kappa shape index (κ1) is 24.1. The topological polar surface area (TPSA) is 17.1 Å². The number of hydrogen-bond donors (Lipinski definition) is 0. The first-order valence-electron chi connectivity index (χ1n) is 0.204. The molecule has 0 atom stereocenters. The van der Waals surface area contributed by atoms with Crippen molar-refractivity contribution in [2.75, 3.05) is 0 Å². The fourth-order valence-corrected chi connectivity index (χ4v) is 0. The maximum absolute atomic E-state index is 8.34. The third-order valence-electron chi connectivity index (χ3n) is 0. The molecule has 0 unspecified atom stereocenters. The van der Waals surface area contributed by atoms with E-state index in [-0.39, 0.29) is 76.2 Å². The summed E-state index contributed by atoms with van der Waals surface area (Å²) >= 11 is 0.300. The van der Waals surface area contributed by atoms with Crippen LogP contribution in [-0.4, -0.2) is 18.9 Å². The second-order valence-corrected chi connectivity index (χ2v) is 0. The van der Waals surface area contributed by atoms with E-state index < -0.39 is 0 Å². The third kappa shape index (κ3) is 19.0. The van der Waals surface area contributed by atoms with Crippen LogP contribution >= 0.6 is 0 Å². The fourth-order valence-electron chi connectivity index (χ4n) is 0. The largest absolute Gasteiger partial charge is 0 e. The summed E-state index contributed by atoms with van der Waals surface area (Å²) < 4.78 is 8.34. The first-order valence-corrected chi connectivity index (χ1v) is 1.21. The molecule has 0 saturated heterocycles. The summed E-state index contributed by atoms with van der Waals surface area (Å²) in [6.07, 6.45) is 0. The molecule has 0 N–H and O–H groups in total. The Labute approximate surface area is 101 Å². The van der Waals surface area contributed by atoms with Crippen LogP contribution in [0.15, 0.2) is 0 Å². The fraction of sp³-hybridized carbons (Fsp3) is 0. The Morgan fingerprint density at radius 3 is 1.20 bits per heavy atom. The van der Waals surface area contributed by atoms with Crippen molar-refractivity contribution in [1.82, 2.24) is 0 Å². The van der Waals surface area contributed by atoms with E-state index in [0.717, 1.165) is 0 Å². The minimum absolute atomic E-state index is 0. The maximum Gasteiger partial charge on any atom is 0 e. The van der Waals surface area contributed by atoms with Gasteiger partial charge < -0.3 is 0 Å². The zero-order chi connectivity index (χ0) is 2.00. The van der Waals surface area contributed by atoms with Crippen molar-refractivity contribution in [3.63, 3.8) is 0 Å². The van der Waals surface area contributed by atoms with E-state index in [1.54, 1.807) is 0 Å². The van der Waals surface area contributed by atoms with Gasteiger partial charge in [0.2, 0.25) is 0 Å². The van der Waals surface area contributed by atoms with Gasteiger partial charge in [0.05, 0.1) is 0 Å². The van der Waals surface area contributed by atoms with Gasteiger partial charge in [0.15, 0.2) is 0 Å². The van der Waals surface area contributed by atoms with Crippen LogP contribution in [0.25, 0.3) is 0 Å². The Kier molecular flexibility index (Phi) is 131. The SMILES string of the molecule is [La].[LiH].[O]=[Zr].[Ti]. The van der Waals surface area contributed by atoms with Crippen LogP contribution < -0.4 is 0 Å². The second-order valence-electron chi connectivity index (χ2n) is 0. The van der Waals surface area contributed by atoms with Crippen molar-refractivity contribution in [3.05, 3.63) is 0 Å². The van der Waals surface area contributed by atoms with Crippen LogP contribution in [0, 0.1) is 35.6 Å². The first-order chi connectivity index (χ1) is 1.00. The van der Waals surface area contributed by atoms with Gasteiger partial charge in [0, 0.05) is 57.3 Å². The van der Waals surface area contributed by atoms with Gasteiger partial charge in [-0.25, -0.2) is 0 Å². The van der Waals surface area contributed by atoms with Crippen LogP contribution in [0.5, 0.6) is 0 Å². The summed E-state index contributed by atoms with van der Waals surface area (Å²) in [5, 5.41) is 0. The van der Waals surface area contributed by atoms with Crippen molar-refractivity contribution >= 4 is 18.9 Å². The van der Waals surface area contributed by atoms with Crippen LogP contribution in [0.3, 0.4) is 0 Å². The minimum atomic E-state index is 0. The molecule has 0 heterocycles. The predicted octanol–water partition coefficient (Wildman–Crippen LogP) is -0.772. The molecule has 0 bridgehead atoms. The summed E-state index contributed by atoms with van der Waals surface area (Å²) in [5.74, 6) is 0. The third-order valence-corrected chi connectivity index (χ3v) is 0. The quantitative estimate of drug-likeness (QED) is 0.537. The van der Waals surface area contributed by atoms with Crippen molar-refractivity contribution in [3.8, 4) is 0 Å². The number of rotatable bonds is 0. The van der Waals surface area contributed by atoms with E-state index in [1.807, 2.05) is 0 Å². The molecular weight excluding hydrogens is 301 g/mol. The van der Waals surface area contributed by atoms with Gasteiger partial charge in [-0.2, -0.15) is 0 Å². The monoisotopic (exact) mass is 301 g/mol. The summed E-state index contributed by atoms with van der Waals surface area (Å²) in [6.45, 7) is 0. The van der Waals surface area contributed by atoms with Crippen molar-refractivity contribution in [2.45, 2.75) is 0 Å². The summed E-state index contributed by atoms with van der Waals surface area (Å²) in [6, 6.07) is 0. The normalized spacial score (nSPS) is 0.600. The van der Waals surface area contributed by atoms with Gasteiger partial charge in [0.25, 0.3) is 0 Å². The van der Waals surface area contributed by atoms with E-state index in [4.69, 9.17) is 2.81 Å². The molecule has 19 valence electrons. The van der Waals surface area contributed by atoms with Crippen molar-refractivity contribution < 1.29 is 84.9 Å². The molecular formula is HLaLiOTiZr. The van der Waals surface area contributed by atoms with Gasteiger partial charge in [-0.15, -0.1) is 0 Å². The van der Waals surface area contributed by atoms with Crippen LogP contribution in [0.4, 0.5) is 0 Å². The molecule has 0 aromatic heterocycles. The van der Waals surface area contributed by atoms with E-state index in [2.05, 4.69) is 0 Å². The van der Waals surface area contributed by atoms with Gasteiger partial charge >= 0.3 is 46.4 Å². The van der Waals surface area contributed by atoms with Crippen molar-refractivity contribution in [1.29, 1.82) is 0 Å². The van der Waals surface area contributed by atoms with Gasteiger partial charge in [-0.3, -0.25) is 0 Å². The molecule has 0 aliphatic rings. The van der Waals surface area contributed by atoms with Gasteiger partial charge in [-0.1, -0.05) is 0 Å². The Morgan fingerprint density at radius 1 is 1.20 bits per heavy atom. The van der Waals surface area contributed by atoms with E-state index in [0.29, 0.717) is 24.7 Å². The Morgan fingerprint density at radius 2 is 1.20 bits per heavy atom. The summed E-state index contributed by atoms with van der Waals surface area (Å²) in [4.78, 5) is 0. The standard InChI is InChI=1S/La.Li.O.Ti.Zr.H. The Hall–Kier alpha value is 3.19. The molecule has 5 heavy (non-hydrogen) atoms. The molecule has 0 amide bonds. The molecule has 1 radical (unpaired) electrons. The van der Waals surface area contributed by atoms with Crippen LogP contribution in [0.2, 0.25) is 0 Å². The molecule has 1 nitrogen and oxygen atoms in total. The molecule has 0 spiro atoms. The van der Waals surface area contributed by atoms with Crippen LogP contribution in [0.1, 0.15) is 0 Å². The summed E-state index contributed by atoms with van der Waals surface area (Å²) in [7, 11) is 0. The maximum atomic E-state index is 8.34. The van der Waals surface area contributed by atoms with E-state index in [1.165, 1.54) is 0 Å². The zero-order valence-corrected chi connectivity index (χ0v) is 9.63. The second kappa shape index (κ2) is 27.1. The van der Waals surface area contributed by atoms with Crippen LogP contribution in [-0.2, 0) is 49.3 Å². The average molecular weight is 302 g/mol. The molecule has 0 saturated carbocycles. The van der Waals surface area contributed by atoms with E-state index in [9.17, 15) is 0 Å². The number of hydrogen-bond acceptors (Lipinski definition) is 1. The molecule has 0 aromatic rings. The minimum Gasteiger partial charge on any atom is 0 e. The molecule has 0 aliphatic carbocycles. The average Bonchev–Trinajstić information content (AvgIpc) is 1.00. The molecule has 5 heteroatoms. The summed E-state index contributed by atoms with van der Waals surface area (Å²) in [5.41, 5.74) is 0. The molecule has 0 aliphatic heterocycles. The zero-order valence-electron chi connectivity index (χ0n) is 1.99. The smallest absolute Gasteiger partial charge is 0 e. The van der Waals surface area contributed by atoms with Gasteiger partial charge in [-0.05, 0) is 0 Å². The Balaban J connectivity index is -0.00000000167. The molecule has 0 fully saturated rings. The Bertz CT molecular complexity index is 11.6.